The number of likely N-dealkylation sites (tertiary alicyclic amines) is 1. The summed E-state index contributed by atoms with van der Waals surface area (Å²) in [5.41, 5.74) is 4.20. The predicted octanol–water partition coefficient (Wildman–Crippen LogP) is 4.11. The highest BCUT2D eigenvalue weighted by Gasteiger charge is 2.29. The zero-order chi connectivity index (χ0) is 21.4. The molecule has 1 unspecified atom stereocenters. The van der Waals surface area contributed by atoms with Crippen molar-refractivity contribution in [2.75, 3.05) is 13.1 Å². The zero-order valence-corrected chi connectivity index (χ0v) is 17.8. The summed E-state index contributed by atoms with van der Waals surface area (Å²) < 4.78 is 2.22. The lowest BCUT2D eigenvalue weighted by Crippen LogP contribution is -2.29. The first-order chi connectivity index (χ1) is 15.1. The van der Waals surface area contributed by atoms with E-state index in [2.05, 4.69) is 33.6 Å². The minimum absolute atomic E-state index is 0.0104. The average Bonchev–Trinajstić information content (AvgIpc) is 3.52. The Bertz CT molecular complexity index is 1210. The molecule has 3 aromatic heterocycles. The number of pyridine rings is 1. The van der Waals surface area contributed by atoms with Crippen LogP contribution in [0.2, 0.25) is 0 Å². The molecule has 4 heterocycles. The number of fused-ring (bicyclic) bond motifs is 1. The summed E-state index contributed by atoms with van der Waals surface area (Å²) in [5, 5.41) is 7.25. The van der Waals surface area contributed by atoms with Crippen LogP contribution in [-0.4, -0.2) is 48.6 Å². The van der Waals surface area contributed by atoms with Crippen molar-refractivity contribution in [3.63, 3.8) is 0 Å². The van der Waals surface area contributed by atoms with Crippen LogP contribution in [0.5, 0.6) is 0 Å². The van der Waals surface area contributed by atoms with Gasteiger partial charge < -0.3 is 9.47 Å². The van der Waals surface area contributed by atoms with Crippen LogP contribution in [0.15, 0.2) is 54.7 Å². The number of imidazole rings is 1. The maximum absolute atomic E-state index is 13.0. The van der Waals surface area contributed by atoms with Crippen molar-refractivity contribution in [1.29, 1.82) is 0 Å². The number of nitrogens with one attached hydrogen (secondary N) is 1. The van der Waals surface area contributed by atoms with Gasteiger partial charge in [-0.15, -0.1) is 0 Å². The van der Waals surface area contributed by atoms with Crippen LogP contribution in [0.4, 0.5) is 0 Å². The monoisotopic (exact) mass is 414 g/mol. The van der Waals surface area contributed by atoms with E-state index >= 15 is 0 Å². The van der Waals surface area contributed by atoms with Crippen LogP contribution in [0.25, 0.3) is 22.4 Å². The average molecular weight is 415 g/mol. The van der Waals surface area contributed by atoms with Gasteiger partial charge in [-0.05, 0) is 44.4 Å². The summed E-state index contributed by atoms with van der Waals surface area (Å²) >= 11 is 0. The van der Waals surface area contributed by atoms with Crippen LogP contribution in [0, 0.1) is 5.92 Å². The second-order valence-electron chi connectivity index (χ2n) is 8.48. The molecule has 1 atom stereocenters. The summed E-state index contributed by atoms with van der Waals surface area (Å²) in [7, 11) is 0. The summed E-state index contributed by atoms with van der Waals surface area (Å²) in [6.45, 7) is 5.80. The van der Waals surface area contributed by atoms with E-state index in [0.717, 1.165) is 54.2 Å². The molecule has 1 saturated heterocycles. The van der Waals surface area contributed by atoms with E-state index in [1.807, 2.05) is 59.6 Å². The molecule has 4 aromatic rings. The molecule has 7 heteroatoms. The molecule has 1 aliphatic heterocycles. The minimum Gasteiger partial charge on any atom is -0.337 e. The number of hydrogen-bond acceptors (Lipinski definition) is 4. The van der Waals surface area contributed by atoms with Gasteiger partial charge in [-0.25, -0.2) is 9.97 Å². The van der Waals surface area contributed by atoms with Gasteiger partial charge in [0.15, 0.2) is 5.65 Å². The highest BCUT2D eigenvalue weighted by atomic mass is 16.2. The van der Waals surface area contributed by atoms with Gasteiger partial charge in [0.1, 0.15) is 17.0 Å². The summed E-state index contributed by atoms with van der Waals surface area (Å²) in [5.74, 6) is 1.45. The Labute approximate surface area is 181 Å². The van der Waals surface area contributed by atoms with Gasteiger partial charge in [0.2, 0.25) is 0 Å². The third kappa shape index (κ3) is 3.71. The van der Waals surface area contributed by atoms with E-state index in [9.17, 15) is 4.79 Å². The van der Waals surface area contributed by atoms with Crippen molar-refractivity contribution in [3.05, 3.63) is 66.2 Å². The van der Waals surface area contributed by atoms with E-state index in [0.29, 0.717) is 11.6 Å². The van der Waals surface area contributed by atoms with Crippen molar-refractivity contribution in [2.24, 2.45) is 5.92 Å². The fourth-order valence-electron chi connectivity index (χ4n) is 4.46. The molecule has 1 aromatic carbocycles. The number of rotatable bonds is 5. The maximum atomic E-state index is 13.0. The highest BCUT2D eigenvalue weighted by molar-refractivity contribution is 5.93. The van der Waals surface area contributed by atoms with Gasteiger partial charge >= 0.3 is 0 Å². The number of amides is 1. The number of hydrogen-bond donors (Lipinski definition) is 1. The molecular weight excluding hydrogens is 388 g/mol. The number of aromatic nitrogens is 5. The van der Waals surface area contributed by atoms with E-state index in [4.69, 9.17) is 4.98 Å². The topological polar surface area (TPSA) is 79.7 Å². The van der Waals surface area contributed by atoms with E-state index in [1.165, 1.54) is 0 Å². The molecule has 0 saturated carbocycles. The Morgan fingerprint density at radius 2 is 2.03 bits per heavy atom. The predicted molar refractivity (Wildman–Crippen MR) is 120 cm³/mol. The molecule has 0 bridgehead atoms. The minimum atomic E-state index is 0.0104. The molecule has 158 valence electrons. The quantitative estimate of drug-likeness (QED) is 0.533. The molecule has 1 N–H and O–H groups in total. The smallest absolute Gasteiger partial charge is 0.271 e. The first-order valence-corrected chi connectivity index (χ1v) is 10.8. The van der Waals surface area contributed by atoms with E-state index in [-0.39, 0.29) is 11.9 Å². The normalized spacial score (nSPS) is 16.5. The third-order valence-electron chi connectivity index (χ3n) is 5.96. The second kappa shape index (κ2) is 7.98. The van der Waals surface area contributed by atoms with Gasteiger partial charge in [-0.1, -0.05) is 30.3 Å². The molecule has 31 heavy (non-hydrogen) atoms. The second-order valence-corrected chi connectivity index (χ2v) is 8.48. The lowest BCUT2D eigenvalue weighted by atomic mass is 10.0. The Hall–Kier alpha value is -3.48. The largest absolute Gasteiger partial charge is 0.337 e. The van der Waals surface area contributed by atoms with Crippen molar-refractivity contribution in [2.45, 2.75) is 32.7 Å². The van der Waals surface area contributed by atoms with Crippen LogP contribution in [0.1, 0.15) is 42.6 Å². The Morgan fingerprint density at radius 3 is 2.84 bits per heavy atom. The molecule has 7 nitrogen and oxygen atoms in total. The third-order valence-corrected chi connectivity index (χ3v) is 5.96. The van der Waals surface area contributed by atoms with Gasteiger partial charge in [-0.3, -0.25) is 9.89 Å². The fourth-order valence-corrected chi connectivity index (χ4v) is 4.46. The first kappa shape index (κ1) is 19.5. The molecule has 1 fully saturated rings. The van der Waals surface area contributed by atoms with Gasteiger partial charge in [0, 0.05) is 37.3 Å². The molecule has 1 amide bonds. The van der Waals surface area contributed by atoms with Crippen LogP contribution < -0.4 is 0 Å². The first-order valence-electron chi connectivity index (χ1n) is 10.8. The van der Waals surface area contributed by atoms with Crippen LogP contribution in [0.3, 0.4) is 0 Å². The SMILES string of the molecule is CC(C)n1c(CC2CCN(C(=O)c3cc(-c4ccccc4)n[nH]3)C2)nc2cccnc21. The lowest BCUT2D eigenvalue weighted by molar-refractivity contribution is 0.0781. The van der Waals surface area contributed by atoms with Gasteiger partial charge in [0.05, 0.1) is 5.69 Å². The fraction of sp³-hybridized carbons (Fsp3) is 0.333. The summed E-state index contributed by atoms with van der Waals surface area (Å²) in [6.07, 6.45) is 3.63. The summed E-state index contributed by atoms with van der Waals surface area (Å²) in [6, 6.07) is 16.0. The molecule has 0 radical (unpaired) electrons. The number of carbonyl (C=O) groups is 1. The van der Waals surface area contributed by atoms with Gasteiger partial charge in [-0.2, -0.15) is 5.10 Å². The van der Waals surface area contributed by atoms with E-state index < -0.39 is 0 Å². The lowest BCUT2D eigenvalue weighted by Gasteiger charge is -2.17. The van der Waals surface area contributed by atoms with Gasteiger partial charge in [0.25, 0.3) is 5.91 Å². The summed E-state index contributed by atoms with van der Waals surface area (Å²) in [4.78, 5) is 24.3. The molecular formula is C24H26N6O. The number of aromatic amines is 1. The highest BCUT2D eigenvalue weighted by Crippen LogP contribution is 2.26. The van der Waals surface area contributed by atoms with Crippen molar-refractivity contribution in [1.82, 2.24) is 29.6 Å². The van der Waals surface area contributed by atoms with Crippen LogP contribution >= 0.6 is 0 Å². The van der Waals surface area contributed by atoms with E-state index in [1.54, 1.807) is 0 Å². The van der Waals surface area contributed by atoms with Crippen LogP contribution in [-0.2, 0) is 6.42 Å². The van der Waals surface area contributed by atoms with Crippen molar-refractivity contribution < 1.29 is 4.79 Å². The molecule has 5 rings (SSSR count). The molecule has 0 aliphatic carbocycles. The standard InChI is InChI=1S/C24H26N6O/c1-16(2)30-22(26-19-9-6-11-25-23(19)30)13-17-10-12-29(15-17)24(31)21-14-20(27-28-21)18-7-4-3-5-8-18/h3-9,11,14,16-17H,10,12-13,15H2,1-2H3,(H,27,28). The number of carbonyl (C=O) groups excluding carboxylic acids is 1. The Kier molecular flexibility index (Phi) is 5.02. The number of benzene rings is 1. The molecule has 0 spiro atoms. The Balaban J connectivity index is 1.30. The molecule has 1 aliphatic rings. The Morgan fingerprint density at radius 1 is 1.19 bits per heavy atom. The van der Waals surface area contributed by atoms with Crippen molar-refractivity contribution in [3.8, 4) is 11.3 Å². The zero-order valence-electron chi connectivity index (χ0n) is 17.8. The maximum Gasteiger partial charge on any atom is 0.271 e. The number of H-pyrrole nitrogens is 1. The van der Waals surface area contributed by atoms with Crippen molar-refractivity contribution >= 4 is 17.1 Å². The number of nitrogens with zero attached hydrogens (tertiary/aromatic N) is 5.